The van der Waals surface area contributed by atoms with Gasteiger partial charge in [-0.15, -0.1) is 0 Å². The van der Waals surface area contributed by atoms with Crippen LogP contribution >= 0.6 is 11.8 Å². The van der Waals surface area contributed by atoms with Gasteiger partial charge in [0.1, 0.15) is 5.69 Å². The third-order valence-electron chi connectivity index (χ3n) is 3.82. The first-order valence-corrected chi connectivity index (χ1v) is 9.07. The molecule has 0 atom stereocenters. The van der Waals surface area contributed by atoms with Gasteiger partial charge in [0, 0.05) is 11.4 Å². The van der Waals surface area contributed by atoms with Crippen molar-refractivity contribution in [1.29, 1.82) is 0 Å². The molecule has 0 spiro atoms. The molecule has 1 aromatic carbocycles. The van der Waals surface area contributed by atoms with E-state index in [1.54, 1.807) is 6.92 Å². The lowest BCUT2D eigenvalue weighted by atomic mass is 10.1. The van der Waals surface area contributed by atoms with E-state index in [9.17, 15) is 9.59 Å². The molecule has 0 radical (unpaired) electrons. The predicted molar refractivity (Wildman–Crippen MR) is 101 cm³/mol. The molecule has 0 aliphatic heterocycles. The van der Waals surface area contributed by atoms with Gasteiger partial charge in [0.2, 0.25) is 0 Å². The van der Waals surface area contributed by atoms with E-state index >= 15 is 0 Å². The van der Waals surface area contributed by atoms with Gasteiger partial charge in [-0.2, -0.15) is 11.8 Å². The molecule has 2 aromatic rings. The van der Waals surface area contributed by atoms with E-state index in [4.69, 9.17) is 5.11 Å². The van der Waals surface area contributed by atoms with Crippen molar-refractivity contribution in [2.75, 3.05) is 5.32 Å². The van der Waals surface area contributed by atoms with Gasteiger partial charge in [-0.1, -0.05) is 26.0 Å². The maximum Gasteiger partial charge on any atom is 0.337 e. The number of thioether (sulfide) groups is 1. The Kier molecular flexibility index (Phi) is 6.20. The molecule has 132 valence electrons. The number of rotatable bonds is 6. The van der Waals surface area contributed by atoms with Gasteiger partial charge in [0.25, 0.3) is 5.91 Å². The van der Waals surface area contributed by atoms with Crippen LogP contribution in [0.25, 0.3) is 0 Å². The first kappa shape index (κ1) is 19.0. The summed E-state index contributed by atoms with van der Waals surface area (Å²) in [5.41, 5.74) is 3.57. The molecule has 1 aromatic heterocycles. The first-order chi connectivity index (χ1) is 11.8. The van der Waals surface area contributed by atoms with Crippen molar-refractivity contribution in [1.82, 2.24) is 4.98 Å². The maximum absolute atomic E-state index is 12.5. The summed E-state index contributed by atoms with van der Waals surface area (Å²) in [7, 11) is 0. The first-order valence-electron chi connectivity index (χ1n) is 8.02. The number of hydrogen-bond donors (Lipinski definition) is 2. The highest BCUT2D eigenvalue weighted by molar-refractivity contribution is 7.99. The highest BCUT2D eigenvalue weighted by atomic mass is 32.2. The number of carboxylic acids is 1. The molecule has 1 amide bonds. The fraction of sp³-hybridized carbons (Fsp3) is 0.316. The van der Waals surface area contributed by atoms with Gasteiger partial charge in [0.05, 0.1) is 11.3 Å². The van der Waals surface area contributed by atoms with Crippen LogP contribution in [-0.2, 0) is 5.75 Å². The highest BCUT2D eigenvalue weighted by Crippen LogP contribution is 2.25. The summed E-state index contributed by atoms with van der Waals surface area (Å²) in [4.78, 5) is 27.6. The molecule has 0 aliphatic carbocycles. The standard InChI is InChI=1S/C19H22N2O3S/c1-11(2)25-10-14-6-5-7-16(12(14)3)21-18(22)17-9-8-15(19(23)24)13(4)20-17/h5-9,11H,10H2,1-4H3,(H,21,22)(H,23,24). The van der Waals surface area contributed by atoms with Crippen LogP contribution in [0.5, 0.6) is 0 Å². The summed E-state index contributed by atoms with van der Waals surface area (Å²) in [6.45, 7) is 7.87. The van der Waals surface area contributed by atoms with E-state index < -0.39 is 5.97 Å². The third-order valence-corrected chi connectivity index (χ3v) is 4.96. The lowest BCUT2D eigenvalue weighted by molar-refractivity contribution is 0.0695. The Morgan fingerprint density at radius 3 is 2.52 bits per heavy atom. The van der Waals surface area contributed by atoms with Crippen LogP contribution < -0.4 is 5.32 Å². The van der Waals surface area contributed by atoms with Gasteiger partial charge in [-0.05, 0) is 48.4 Å². The molecule has 2 N–H and O–H groups in total. The number of carbonyl (C=O) groups excluding carboxylic acids is 1. The number of aromatic carboxylic acids is 1. The average Bonchev–Trinajstić information content (AvgIpc) is 2.55. The summed E-state index contributed by atoms with van der Waals surface area (Å²) in [6, 6.07) is 8.67. The number of aryl methyl sites for hydroxylation is 1. The number of anilines is 1. The number of aromatic nitrogens is 1. The van der Waals surface area contributed by atoms with Crippen molar-refractivity contribution in [3.05, 3.63) is 58.4 Å². The summed E-state index contributed by atoms with van der Waals surface area (Å²) in [5, 5.41) is 12.5. The Morgan fingerprint density at radius 2 is 1.92 bits per heavy atom. The summed E-state index contributed by atoms with van der Waals surface area (Å²) in [5.74, 6) is -0.516. The zero-order chi connectivity index (χ0) is 18.6. The SMILES string of the molecule is Cc1nc(C(=O)Nc2cccc(CSC(C)C)c2C)ccc1C(=O)O. The molecule has 0 fully saturated rings. The second kappa shape index (κ2) is 8.16. The van der Waals surface area contributed by atoms with Crippen molar-refractivity contribution in [2.24, 2.45) is 0 Å². The number of carbonyl (C=O) groups is 2. The largest absolute Gasteiger partial charge is 0.478 e. The molecule has 0 saturated heterocycles. The van der Waals surface area contributed by atoms with Crippen LogP contribution in [0.15, 0.2) is 30.3 Å². The van der Waals surface area contributed by atoms with Gasteiger partial charge >= 0.3 is 5.97 Å². The van der Waals surface area contributed by atoms with Crippen molar-refractivity contribution in [3.63, 3.8) is 0 Å². The smallest absolute Gasteiger partial charge is 0.337 e. The van der Waals surface area contributed by atoms with Gasteiger partial charge < -0.3 is 10.4 Å². The molecule has 25 heavy (non-hydrogen) atoms. The van der Waals surface area contributed by atoms with Gasteiger partial charge in [-0.3, -0.25) is 4.79 Å². The van der Waals surface area contributed by atoms with Crippen LogP contribution in [0.2, 0.25) is 0 Å². The molecule has 2 rings (SSSR count). The molecule has 5 nitrogen and oxygen atoms in total. The molecular weight excluding hydrogens is 336 g/mol. The Labute approximate surface area is 151 Å². The minimum absolute atomic E-state index is 0.0976. The average molecular weight is 358 g/mol. The van der Waals surface area contributed by atoms with E-state index in [-0.39, 0.29) is 17.2 Å². The fourth-order valence-electron chi connectivity index (χ4n) is 2.33. The van der Waals surface area contributed by atoms with Crippen molar-refractivity contribution in [2.45, 2.75) is 38.7 Å². The Hall–Kier alpha value is -2.34. The number of nitrogens with one attached hydrogen (secondary N) is 1. The van der Waals surface area contributed by atoms with Gasteiger partial charge in [0.15, 0.2) is 0 Å². The zero-order valence-corrected chi connectivity index (χ0v) is 15.6. The number of carboxylic acid groups (broad SMARTS) is 1. The maximum atomic E-state index is 12.5. The molecule has 0 aliphatic rings. The lowest BCUT2D eigenvalue weighted by Gasteiger charge is -2.13. The van der Waals surface area contributed by atoms with Crippen LogP contribution in [0.1, 0.15) is 51.5 Å². The van der Waals surface area contributed by atoms with E-state index in [2.05, 4.69) is 30.2 Å². The molecule has 0 unspecified atom stereocenters. The quantitative estimate of drug-likeness (QED) is 0.805. The van der Waals surface area contributed by atoms with Crippen molar-refractivity contribution in [3.8, 4) is 0 Å². The predicted octanol–water partition coefficient (Wildman–Crippen LogP) is 4.29. The molecular formula is C19H22N2O3S. The van der Waals surface area contributed by atoms with Crippen LogP contribution in [-0.4, -0.2) is 27.2 Å². The third kappa shape index (κ3) is 4.82. The summed E-state index contributed by atoms with van der Waals surface area (Å²) < 4.78 is 0. The monoisotopic (exact) mass is 358 g/mol. The number of hydrogen-bond acceptors (Lipinski definition) is 4. The van der Waals surface area contributed by atoms with Crippen molar-refractivity contribution < 1.29 is 14.7 Å². The summed E-state index contributed by atoms with van der Waals surface area (Å²) in [6.07, 6.45) is 0. The molecule has 1 heterocycles. The number of amides is 1. The normalized spacial score (nSPS) is 10.8. The van der Waals surface area contributed by atoms with E-state index in [0.717, 1.165) is 17.0 Å². The topological polar surface area (TPSA) is 79.3 Å². The van der Waals surface area contributed by atoms with E-state index in [1.165, 1.54) is 17.7 Å². The second-order valence-corrected chi connectivity index (χ2v) is 7.60. The van der Waals surface area contributed by atoms with Crippen molar-refractivity contribution >= 4 is 29.3 Å². The Bertz CT molecular complexity index is 803. The molecule has 0 saturated carbocycles. The Morgan fingerprint density at radius 1 is 1.20 bits per heavy atom. The number of benzene rings is 1. The number of pyridine rings is 1. The minimum Gasteiger partial charge on any atom is -0.478 e. The molecule has 6 heteroatoms. The Balaban J connectivity index is 2.19. The number of nitrogens with zero attached hydrogens (tertiary/aromatic N) is 1. The van der Waals surface area contributed by atoms with Gasteiger partial charge in [-0.25, -0.2) is 9.78 Å². The van der Waals surface area contributed by atoms with E-state index in [1.807, 2.05) is 30.8 Å². The lowest BCUT2D eigenvalue weighted by Crippen LogP contribution is -2.16. The fourth-order valence-corrected chi connectivity index (χ4v) is 3.16. The van der Waals surface area contributed by atoms with Crippen LogP contribution in [0.4, 0.5) is 5.69 Å². The highest BCUT2D eigenvalue weighted by Gasteiger charge is 2.14. The second-order valence-electron chi connectivity index (χ2n) is 6.04. The van der Waals surface area contributed by atoms with Crippen LogP contribution in [0.3, 0.4) is 0 Å². The zero-order valence-electron chi connectivity index (χ0n) is 14.8. The molecule has 0 bridgehead atoms. The van der Waals surface area contributed by atoms with E-state index in [0.29, 0.717) is 10.9 Å². The summed E-state index contributed by atoms with van der Waals surface area (Å²) >= 11 is 1.85. The minimum atomic E-state index is -1.05. The van der Waals surface area contributed by atoms with Crippen LogP contribution in [0, 0.1) is 13.8 Å².